The molecule has 0 N–H and O–H groups in total. The highest BCUT2D eigenvalue weighted by Crippen LogP contribution is 2.42. The van der Waals surface area contributed by atoms with Crippen LogP contribution in [0.1, 0.15) is 44.4 Å². The highest BCUT2D eigenvalue weighted by atomic mass is 35.5. The molecule has 3 heterocycles. The van der Waals surface area contributed by atoms with Gasteiger partial charge in [0.2, 0.25) is 0 Å². The average Bonchev–Trinajstić information content (AvgIpc) is 3.12. The van der Waals surface area contributed by atoms with Crippen molar-refractivity contribution >= 4 is 30.1 Å². The van der Waals surface area contributed by atoms with Gasteiger partial charge in [-0.15, -0.1) is 17.5 Å². The van der Waals surface area contributed by atoms with Crippen molar-refractivity contribution in [3.05, 3.63) is 59.0 Å². The predicted molar refractivity (Wildman–Crippen MR) is 127 cm³/mol. The molecule has 1 amide bonds. The zero-order chi connectivity index (χ0) is 21.5. The summed E-state index contributed by atoms with van der Waals surface area (Å²) in [6.07, 6.45) is 7.90. The Hall–Kier alpha value is -2.57. The number of hydrogen-bond acceptors (Lipinski definition) is 4. The molecule has 2 atom stereocenters. The Kier molecular flexibility index (Phi) is 6.45. The van der Waals surface area contributed by atoms with Crippen LogP contribution in [-0.2, 0) is 12.8 Å². The smallest absolute Gasteiger partial charge is 0.389 e. The lowest BCUT2D eigenvalue weighted by molar-refractivity contribution is 0.0883. The van der Waals surface area contributed by atoms with Crippen molar-refractivity contribution in [2.24, 2.45) is 0 Å². The number of piperidine rings is 1. The van der Waals surface area contributed by atoms with Crippen LogP contribution in [0.15, 0.2) is 42.7 Å². The monoisotopic (exact) mass is 472 g/mol. The molecule has 0 spiro atoms. The van der Waals surface area contributed by atoms with Gasteiger partial charge in [-0.1, -0.05) is 17.7 Å². The summed E-state index contributed by atoms with van der Waals surface area (Å²) in [4.78, 5) is 19.2. The molecule has 32 heavy (non-hydrogen) atoms. The minimum absolute atomic E-state index is 0. The van der Waals surface area contributed by atoms with E-state index in [0.29, 0.717) is 10.9 Å². The van der Waals surface area contributed by atoms with Gasteiger partial charge in [-0.3, -0.25) is 4.98 Å². The first-order chi connectivity index (χ1) is 15.0. The van der Waals surface area contributed by atoms with Crippen LogP contribution in [0.4, 0.5) is 4.79 Å². The van der Waals surface area contributed by atoms with Crippen LogP contribution < -0.4 is 4.74 Å². The quantitative estimate of drug-likeness (QED) is 0.467. The van der Waals surface area contributed by atoms with Crippen LogP contribution in [0, 0.1) is 0 Å². The molecular formula is C24H26Cl2N4O2. The Labute approximate surface area is 199 Å². The summed E-state index contributed by atoms with van der Waals surface area (Å²) in [5, 5.41) is 5.46. The van der Waals surface area contributed by atoms with Gasteiger partial charge < -0.3 is 9.64 Å². The molecular weight excluding hydrogens is 447 g/mol. The van der Waals surface area contributed by atoms with E-state index in [4.69, 9.17) is 21.4 Å². The van der Waals surface area contributed by atoms with Gasteiger partial charge in [0.05, 0.1) is 16.9 Å². The maximum atomic E-state index is 13.2. The van der Waals surface area contributed by atoms with E-state index in [-0.39, 0.29) is 30.6 Å². The highest BCUT2D eigenvalue weighted by Gasteiger charge is 2.33. The number of nitrogens with zero attached hydrogens (tertiary/aromatic N) is 4. The molecule has 6 nitrogen and oxygen atoms in total. The summed E-state index contributed by atoms with van der Waals surface area (Å²) in [6.45, 7) is 4.17. The lowest BCUT2D eigenvalue weighted by atomic mass is 9.89. The zero-order valence-electron chi connectivity index (χ0n) is 18.1. The molecule has 3 aromatic rings. The molecule has 2 aliphatic rings. The summed E-state index contributed by atoms with van der Waals surface area (Å²) >= 11 is 6.24. The fourth-order valence-electron chi connectivity index (χ4n) is 4.88. The van der Waals surface area contributed by atoms with Crippen molar-refractivity contribution in [2.45, 2.75) is 58.0 Å². The van der Waals surface area contributed by atoms with Crippen molar-refractivity contribution in [1.29, 1.82) is 0 Å². The van der Waals surface area contributed by atoms with Crippen LogP contribution in [0.25, 0.3) is 16.8 Å². The van der Waals surface area contributed by atoms with Gasteiger partial charge in [0.25, 0.3) is 5.88 Å². The minimum atomic E-state index is -0.331. The van der Waals surface area contributed by atoms with Gasteiger partial charge in [0.15, 0.2) is 0 Å². The molecule has 168 valence electrons. The van der Waals surface area contributed by atoms with E-state index in [1.165, 1.54) is 0 Å². The van der Waals surface area contributed by atoms with Crippen LogP contribution in [-0.4, -0.2) is 37.8 Å². The first-order valence-corrected chi connectivity index (χ1v) is 11.2. The molecule has 0 radical (unpaired) electrons. The first-order valence-electron chi connectivity index (χ1n) is 10.8. The first kappa shape index (κ1) is 22.6. The van der Waals surface area contributed by atoms with Crippen molar-refractivity contribution in [2.75, 3.05) is 0 Å². The third-order valence-electron chi connectivity index (χ3n) is 6.41. The van der Waals surface area contributed by atoms with Crippen molar-refractivity contribution in [3.8, 4) is 22.7 Å². The average molecular weight is 473 g/mol. The summed E-state index contributed by atoms with van der Waals surface area (Å²) < 4.78 is 7.86. The van der Waals surface area contributed by atoms with Crippen LogP contribution in [0.5, 0.6) is 5.88 Å². The summed E-state index contributed by atoms with van der Waals surface area (Å²) in [5.74, 6) is 0.352. The molecule has 1 aliphatic carbocycles. The fraction of sp³-hybridized carbons (Fsp3) is 0.375. The molecule has 2 aromatic heterocycles. The lowest BCUT2D eigenvalue weighted by Crippen LogP contribution is -2.48. The fourth-order valence-corrected chi connectivity index (χ4v) is 5.08. The number of carbonyl (C=O) groups is 1. The Bertz CT molecular complexity index is 1120. The molecule has 1 aliphatic heterocycles. The number of benzene rings is 1. The third-order valence-corrected chi connectivity index (χ3v) is 6.65. The Balaban J connectivity index is 0.00000245. The van der Waals surface area contributed by atoms with E-state index in [9.17, 15) is 4.79 Å². The number of hydrogen-bond donors (Lipinski definition) is 0. The Morgan fingerprint density at radius 3 is 2.53 bits per heavy atom. The molecule has 2 unspecified atom stereocenters. The number of likely N-dealkylation sites (tertiary alicyclic amines) is 1. The maximum absolute atomic E-state index is 13.2. The van der Waals surface area contributed by atoms with E-state index in [1.54, 1.807) is 12.4 Å². The second-order valence-electron chi connectivity index (χ2n) is 8.45. The number of aromatic nitrogens is 3. The molecule has 1 fully saturated rings. The summed E-state index contributed by atoms with van der Waals surface area (Å²) in [7, 11) is 0. The summed E-state index contributed by atoms with van der Waals surface area (Å²) in [6, 6.07) is 9.98. The van der Waals surface area contributed by atoms with Crippen LogP contribution in [0.3, 0.4) is 0 Å². The lowest BCUT2D eigenvalue weighted by Gasteiger charge is -2.37. The van der Waals surface area contributed by atoms with Gasteiger partial charge >= 0.3 is 6.09 Å². The molecule has 0 saturated carbocycles. The predicted octanol–water partition coefficient (Wildman–Crippen LogP) is 5.87. The van der Waals surface area contributed by atoms with E-state index in [2.05, 4.69) is 18.8 Å². The standard InChI is InChI=1S/C24H25ClN4O2.ClH/c1-15-4-3-5-16(2)28(15)24(30)31-23-22-20-8-7-18(25)14-17(20)6-9-21(22)29(27-23)19-10-12-26-13-11-19;/h7-8,10-16H,3-6,9H2,1-2H3;1H. The minimum Gasteiger partial charge on any atom is -0.389 e. The highest BCUT2D eigenvalue weighted by molar-refractivity contribution is 6.30. The van der Waals surface area contributed by atoms with Crippen molar-refractivity contribution in [3.63, 3.8) is 0 Å². The number of halogens is 2. The zero-order valence-corrected chi connectivity index (χ0v) is 19.7. The van der Waals surface area contributed by atoms with Gasteiger partial charge in [0, 0.05) is 29.5 Å². The van der Waals surface area contributed by atoms with Crippen LogP contribution in [0.2, 0.25) is 5.02 Å². The van der Waals surface area contributed by atoms with Gasteiger partial charge in [-0.25, -0.2) is 9.48 Å². The number of aryl methyl sites for hydroxylation is 1. The normalized spacial score (nSPS) is 19.5. The third kappa shape index (κ3) is 3.97. The van der Waals surface area contributed by atoms with Gasteiger partial charge in [-0.2, -0.15) is 0 Å². The topological polar surface area (TPSA) is 60.3 Å². The number of rotatable bonds is 2. The number of pyridine rings is 1. The molecule has 0 bridgehead atoms. The largest absolute Gasteiger partial charge is 0.417 e. The Morgan fingerprint density at radius 1 is 1.09 bits per heavy atom. The molecule has 8 heteroatoms. The summed E-state index contributed by atoms with van der Waals surface area (Å²) in [5.41, 5.74) is 4.97. The van der Waals surface area contributed by atoms with Gasteiger partial charge in [-0.05, 0) is 81.3 Å². The number of ether oxygens (including phenoxy) is 1. The number of fused-ring (bicyclic) bond motifs is 3. The maximum Gasteiger partial charge on any atom is 0.417 e. The van der Waals surface area contributed by atoms with E-state index in [0.717, 1.165) is 60.2 Å². The number of amides is 1. The Morgan fingerprint density at radius 2 is 1.81 bits per heavy atom. The molecule has 5 rings (SSSR count). The second-order valence-corrected chi connectivity index (χ2v) is 8.89. The van der Waals surface area contributed by atoms with Gasteiger partial charge in [0.1, 0.15) is 0 Å². The van der Waals surface area contributed by atoms with E-state index in [1.807, 2.05) is 39.9 Å². The van der Waals surface area contributed by atoms with E-state index < -0.39 is 0 Å². The number of carbonyl (C=O) groups excluding carboxylic acids is 1. The second kappa shape index (κ2) is 9.12. The van der Waals surface area contributed by atoms with Crippen molar-refractivity contribution in [1.82, 2.24) is 19.7 Å². The SMILES string of the molecule is CC1CCCC(C)N1C(=O)Oc1nn(-c2ccncc2)c2c1-c1ccc(Cl)cc1CC2.Cl. The molecule has 1 saturated heterocycles. The van der Waals surface area contributed by atoms with E-state index >= 15 is 0 Å². The van der Waals surface area contributed by atoms with Crippen LogP contribution >= 0.6 is 24.0 Å². The van der Waals surface area contributed by atoms with Crippen molar-refractivity contribution < 1.29 is 9.53 Å². The molecule has 1 aromatic carbocycles.